The van der Waals surface area contributed by atoms with Crippen molar-refractivity contribution in [1.29, 1.82) is 0 Å². The number of benzene rings is 1. The number of esters is 1. The second-order valence-corrected chi connectivity index (χ2v) is 6.83. The lowest BCUT2D eigenvalue weighted by Crippen LogP contribution is -2.43. The SMILES string of the molecule is CSCCC(NC(=O)c1oc2ccccc2c1C)C(=O)OC(C)C. The third-order valence-electron chi connectivity index (χ3n) is 3.60. The summed E-state index contributed by atoms with van der Waals surface area (Å²) in [6.45, 7) is 5.41. The number of nitrogens with one attached hydrogen (secondary N) is 1. The summed E-state index contributed by atoms with van der Waals surface area (Å²) in [7, 11) is 0. The Hall–Kier alpha value is -1.95. The molecule has 1 aromatic heterocycles. The Bertz CT molecular complexity index is 723. The van der Waals surface area contributed by atoms with Gasteiger partial charge in [0.1, 0.15) is 11.6 Å². The van der Waals surface area contributed by atoms with Crippen molar-refractivity contribution in [2.24, 2.45) is 0 Å². The third kappa shape index (κ3) is 4.32. The molecule has 0 aliphatic heterocycles. The lowest BCUT2D eigenvalue weighted by atomic mass is 10.1. The average molecular weight is 349 g/mol. The van der Waals surface area contributed by atoms with Crippen LogP contribution in [0.3, 0.4) is 0 Å². The molecule has 130 valence electrons. The van der Waals surface area contributed by atoms with Gasteiger partial charge in [0, 0.05) is 10.9 Å². The van der Waals surface area contributed by atoms with Crippen molar-refractivity contribution in [3.63, 3.8) is 0 Å². The highest BCUT2D eigenvalue weighted by molar-refractivity contribution is 7.98. The number of hydrogen-bond donors (Lipinski definition) is 1. The highest BCUT2D eigenvalue weighted by Crippen LogP contribution is 2.25. The molecule has 1 amide bonds. The standard InChI is InChI=1S/C18H23NO4S/c1-11(2)22-18(21)14(9-10-24-4)19-17(20)16-12(3)13-7-5-6-8-15(13)23-16/h5-8,11,14H,9-10H2,1-4H3,(H,19,20). The molecule has 0 radical (unpaired) electrons. The highest BCUT2D eigenvalue weighted by Gasteiger charge is 2.26. The van der Waals surface area contributed by atoms with Crippen LogP contribution in [0.1, 0.15) is 36.4 Å². The summed E-state index contributed by atoms with van der Waals surface area (Å²) < 4.78 is 10.9. The van der Waals surface area contributed by atoms with Crippen molar-refractivity contribution < 1.29 is 18.7 Å². The van der Waals surface area contributed by atoms with Gasteiger partial charge in [-0.3, -0.25) is 4.79 Å². The maximum absolute atomic E-state index is 12.6. The summed E-state index contributed by atoms with van der Waals surface area (Å²) in [6, 6.07) is 6.79. The molecule has 24 heavy (non-hydrogen) atoms. The molecule has 0 bridgehead atoms. The quantitative estimate of drug-likeness (QED) is 0.774. The van der Waals surface area contributed by atoms with Crippen molar-refractivity contribution in [3.05, 3.63) is 35.6 Å². The number of para-hydroxylation sites is 1. The number of carbonyl (C=O) groups is 2. The predicted octanol–water partition coefficient (Wildman–Crippen LogP) is 3.54. The first kappa shape index (κ1) is 18.4. The van der Waals surface area contributed by atoms with E-state index in [1.807, 2.05) is 37.4 Å². The molecule has 1 heterocycles. The lowest BCUT2D eigenvalue weighted by Gasteiger charge is -2.18. The fourth-order valence-electron chi connectivity index (χ4n) is 2.41. The minimum absolute atomic E-state index is 0.223. The molecule has 2 aromatic rings. The number of thioether (sulfide) groups is 1. The Morgan fingerprint density at radius 1 is 1.29 bits per heavy atom. The minimum atomic E-state index is -0.681. The fraction of sp³-hybridized carbons (Fsp3) is 0.444. The molecule has 6 heteroatoms. The summed E-state index contributed by atoms with van der Waals surface area (Å²) in [4.78, 5) is 24.8. The Kier molecular flexibility index (Phi) is 6.31. The van der Waals surface area contributed by atoms with Crippen LogP contribution in [-0.2, 0) is 9.53 Å². The molecule has 5 nitrogen and oxygen atoms in total. The van der Waals surface area contributed by atoms with E-state index in [2.05, 4.69) is 5.32 Å². The molecule has 0 aliphatic rings. The van der Waals surface area contributed by atoms with Crippen molar-refractivity contribution in [2.45, 2.75) is 39.3 Å². The van der Waals surface area contributed by atoms with E-state index in [-0.39, 0.29) is 11.9 Å². The molecule has 1 unspecified atom stereocenters. The van der Waals surface area contributed by atoms with Gasteiger partial charge in [0.05, 0.1) is 6.10 Å². The van der Waals surface area contributed by atoms with Gasteiger partial charge in [-0.2, -0.15) is 11.8 Å². The molecule has 0 spiro atoms. The second-order valence-electron chi connectivity index (χ2n) is 5.85. The monoisotopic (exact) mass is 349 g/mol. The lowest BCUT2D eigenvalue weighted by molar-refractivity contribution is -0.149. The zero-order valence-electron chi connectivity index (χ0n) is 14.4. The molecular formula is C18H23NO4S. The molecular weight excluding hydrogens is 326 g/mol. The van der Waals surface area contributed by atoms with E-state index in [0.29, 0.717) is 12.0 Å². The van der Waals surface area contributed by atoms with Crippen LogP contribution < -0.4 is 5.32 Å². The van der Waals surface area contributed by atoms with Crippen LogP contribution in [0.4, 0.5) is 0 Å². The van der Waals surface area contributed by atoms with Crippen LogP contribution in [0.15, 0.2) is 28.7 Å². The van der Waals surface area contributed by atoms with Crippen molar-refractivity contribution in [1.82, 2.24) is 5.32 Å². The van der Waals surface area contributed by atoms with Gasteiger partial charge in [-0.05, 0) is 45.3 Å². The average Bonchev–Trinajstić information content (AvgIpc) is 2.88. The third-order valence-corrected chi connectivity index (χ3v) is 4.25. The molecule has 0 saturated heterocycles. The molecule has 1 N–H and O–H groups in total. The Balaban J connectivity index is 2.18. The van der Waals surface area contributed by atoms with Crippen LogP contribution in [0, 0.1) is 6.92 Å². The van der Waals surface area contributed by atoms with Crippen LogP contribution in [0.2, 0.25) is 0 Å². The topological polar surface area (TPSA) is 68.5 Å². The summed E-state index contributed by atoms with van der Waals surface area (Å²) in [5.74, 6) is 0.177. The van der Waals surface area contributed by atoms with Gasteiger partial charge < -0.3 is 14.5 Å². The van der Waals surface area contributed by atoms with E-state index in [1.165, 1.54) is 0 Å². The van der Waals surface area contributed by atoms with Crippen LogP contribution in [-0.4, -0.2) is 36.0 Å². The molecule has 0 aliphatic carbocycles. The van der Waals surface area contributed by atoms with E-state index in [0.717, 1.165) is 16.7 Å². The molecule has 2 rings (SSSR count). The van der Waals surface area contributed by atoms with Crippen LogP contribution in [0.5, 0.6) is 0 Å². The maximum atomic E-state index is 12.6. The van der Waals surface area contributed by atoms with E-state index < -0.39 is 17.9 Å². The Labute approximate surface area is 146 Å². The predicted molar refractivity (Wildman–Crippen MR) is 96.4 cm³/mol. The number of fused-ring (bicyclic) bond motifs is 1. The minimum Gasteiger partial charge on any atom is -0.461 e. The molecule has 1 aromatic carbocycles. The number of hydrogen-bond acceptors (Lipinski definition) is 5. The van der Waals surface area contributed by atoms with Crippen LogP contribution in [0.25, 0.3) is 11.0 Å². The van der Waals surface area contributed by atoms with E-state index >= 15 is 0 Å². The summed E-state index contributed by atoms with van der Waals surface area (Å²) in [5.41, 5.74) is 1.43. The van der Waals surface area contributed by atoms with Crippen LogP contribution >= 0.6 is 11.8 Å². The zero-order valence-corrected chi connectivity index (χ0v) is 15.2. The van der Waals surface area contributed by atoms with Crippen molar-refractivity contribution in [2.75, 3.05) is 12.0 Å². The van der Waals surface area contributed by atoms with Gasteiger partial charge in [-0.25, -0.2) is 4.79 Å². The first-order valence-electron chi connectivity index (χ1n) is 7.92. The number of amides is 1. The molecule has 0 saturated carbocycles. The first-order valence-corrected chi connectivity index (χ1v) is 9.31. The summed E-state index contributed by atoms with van der Waals surface area (Å²) in [6.07, 6.45) is 2.24. The number of rotatable bonds is 7. The van der Waals surface area contributed by atoms with Gasteiger partial charge in [0.25, 0.3) is 5.91 Å². The molecule has 1 atom stereocenters. The number of carbonyl (C=O) groups excluding carboxylic acids is 2. The maximum Gasteiger partial charge on any atom is 0.328 e. The summed E-state index contributed by atoms with van der Waals surface area (Å²) in [5, 5.41) is 3.65. The second kappa shape index (κ2) is 8.24. The number of furan rings is 1. The van der Waals surface area contributed by atoms with Gasteiger partial charge in [0.2, 0.25) is 0 Å². The Morgan fingerprint density at radius 3 is 2.62 bits per heavy atom. The van der Waals surface area contributed by atoms with Crippen molar-refractivity contribution in [3.8, 4) is 0 Å². The van der Waals surface area contributed by atoms with Crippen molar-refractivity contribution >= 4 is 34.6 Å². The summed E-state index contributed by atoms with van der Waals surface area (Å²) >= 11 is 1.61. The van der Waals surface area contributed by atoms with E-state index in [4.69, 9.17) is 9.15 Å². The van der Waals surface area contributed by atoms with Gasteiger partial charge in [0.15, 0.2) is 5.76 Å². The highest BCUT2D eigenvalue weighted by atomic mass is 32.2. The normalized spacial score (nSPS) is 12.4. The smallest absolute Gasteiger partial charge is 0.328 e. The largest absolute Gasteiger partial charge is 0.461 e. The zero-order chi connectivity index (χ0) is 17.7. The fourth-order valence-corrected chi connectivity index (χ4v) is 2.89. The number of aryl methyl sites for hydroxylation is 1. The van der Waals surface area contributed by atoms with Gasteiger partial charge in [-0.1, -0.05) is 18.2 Å². The van der Waals surface area contributed by atoms with Gasteiger partial charge >= 0.3 is 5.97 Å². The number of ether oxygens (including phenoxy) is 1. The Morgan fingerprint density at radius 2 is 2.00 bits per heavy atom. The van der Waals surface area contributed by atoms with E-state index in [9.17, 15) is 9.59 Å². The molecule has 0 fully saturated rings. The first-order chi connectivity index (χ1) is 11.4. The van der Waals surface area contributed by atoms with E-state index in [1.54, 1.807) is 25.6 Å². The van der Waals surface area contributed by atoms with Gasteiger partial charge in [-0.15, -0.1) is 0 Å².